The quantitative estimate of drug-likeness (QED) is 0.216. The number of rotatable bonds is 6. The van der Waals surface area contributed by atoms with E-state index in [9.17, 15) is 27.6 Å². The summed E-state index contributed by atoms with van der Waals surface area (Å²) < 4.78 is 57.2. The van der Waals surface area contributed by atoms with Crippen molar-refractivity contribution in [2.75, 3.05) is 5.32 Å². The van der Waals surface area contributed by atoms with E-state index >= 15 is 0 Å². The van der Waals surface area contributed by atoms with Crippen LogP contribution in [0.3, 0.4) is 0 Å². The highest BCUT2D eigenvalue weighted by Gasteiger charge is 2.30. The van der Waals surface area contributed by atoms with Crippen molar-refractivity contribution in [1.82, 2.24) is 0 Å². The van der Waals surface area contributed by atoms with Crippen LogP contribution in [0.2, 0.25) is 10.0 Å². The second kappa shape index (κ2) is 10.6. The molecule has 0 heterocycles. The molecule has 4 nitrogen and oxygen atoms in total. The van der Waals surface area contributed by atoms with Crippen LogP contribution in [0.25, 0.3) is 6.08 Å². The molecule has 0 aromatic heterocycles. The highest BCUT2D eigenvalue weighted by Crippen LogP contribution is 2.35. The predicted octanol–water partition coefficient (Wildman–Crippen LogP) is 7.28. The lowest BCUT2D eigenvalue weighted by Crippen LogP contribution is -2.14. The summed E-state index contributed by atoms with van der Waals surface area (Å²) in [5.41, 5.74) is -0.482. The van der Waals surface area contributed by atoms with Gasteiger partial charge < -0.3 is 10.1 Å². The number of nitrogens with zero attached hydrogens (tertiary/aromatic N) is 1. The van der Waals surface area contributed by atoms with Gasteiger partial charge in [0, 0.05) is 5.69 Å². The summed E-state index contributed by atoms with van der Waals surface area (Å²) in [6.07, 6.45) is -3.40. The van der Waals surface area contributed by atoms with Gasteiger partial charge in [0.1, 0.15) is 24.1 Å². The summed E-state index contributed by atoms with van der Waals surface area (Å²) in [5, 5.41) is 11.8. The summed E-state index contributed by atoms with van der Waals surface area (Å²) in [6, 6.07) is 14.2. The SMILES string of the molecule is N#C/C(=C\c1cc(Cl)c(OCc2ccc(F)cc2)c(Cl)c1)C(=O)Nc1cccc(C(F)(F)F)c1. The topological polar surface area (TPSA) is 62.1 Å². The van der Waals surface area contributed by atoms with Crippen LogP contribution in [0.5, 0.6) is 5.75 Å². The summed E-state index contributed by atoms with van der Waals surface area (Å²) in [7, 11) is 0. The molecule has 0 aliphatic heterocycles. The zero-order valence-corrected chi connectivity index (χ0v) is 18.6. The van der Waals surface area contributed by atoms with Gasteiger partial charge in [-0.3, -0.25) is 4.79 Å². The normalized spacial score (nSPS) is 11.6. The molecule has 3 rings (SSSR count). The second-order valence-electron chi connectivity index (χ2n) is 6.93. The van der Waals surface area contributed by atoms with Crippen LogP contribution < -0.4 is 10.1 Å². The van der Waals surface area contributed by atoms with Gasteiger partial charge in [-0.05, 0) is 59.7 Å². The molecule has 3 aromatic rings. The summed E-state index contributed by atoms with van der Waals surface area (Å²) in [6.45, 7) is 0.0672. The highest BCUT2D eigenvalue weighted by atomic mass is 35.5. The molecule has 1 N–H and O–H groups in total. The molecule has 1 amide bonds. The number of hydrogen-bond donors (Lipinski definition) is 1. The van der Waals surface area contributed by atoms with E-state index in [4.69, 9.17) is 27.9 Å². The third-order valence-corrected chi connectivity index (χ3v) is 5.00. The Hall–Kier alpha value is -3.54. The Morgan fingerprint density at radius 3 is 2.29 bits per heavy atom. The minimum absolute atomic E-state index is 0.0672. The molecule has 10 heteroatoms. The number of nitrogens with one attached hydrogen (secondary N) is 1. The van der Waals surface area contributed by atoms with Gasteiger partial charge in [0.25, 0.3) is 5.91 Å². The van der Waals surface area contributed by atoms with Gasteiger partial charge in [0.15, 0.2) is 5.75 Å². The first-order valence-corrected chi connectivity index (χ1v) is 10.3. The van der Waals surface area contributed by atoms with E-state index < -0.39 is 17.6 Å². The van der Waals surface area contributed by atoms with Crippen molar-refractivity contribution < 1.29 is 27.1 Å². The van der Waals surface area contributed by atoms with Crippen LogP contribution >= 0.6 is 23.2 Å². The van der Waals surface area contributed by atoms with Crippen LogP contribution in [0.15, 0.2) is 66.2 Å². The number of carbonyl (C=O) groups excluding carboxylic acids is 1. The molecule has 174 valence electrons. The van der Waals surface area contributed by atoms with Gasteiger partial charge in [-0.25, -0.2) is 4.39 Å². The predicted molar refractivity (Wildman–Crippen MR) is 121 cm³/mol. The molecule has 3 aromatic carbocycles. The molecular weight excluding hydrogens is 495 g/mol. The Balaban J connectivity index is 1.77. The zero-order valence-electron chi connectivity index (χ0n) is 17.1. The van der Waals surface area contributed by atoms with Crippen molar-refractivity contribution in [2.45, 2.75) is 12.8 Å². The Morgan fingerprint density at radius 2 is 1.71 bits per heavy atom. The van der Waals surface area contributed by atoms with Crippen molar-refractivity contribution in [3.63, 3.8) is 0 Å². The minimum Gasteiger partial charge on any atom is -0.486 e. The summed E-state index contributed by atoms with van der Waals surface area (Å²) in [4.78, 5) is 12.4. The van der Waals surface area contributed by atoms with E-state index in [0.29, 0.717) is 11.1 Å². The Kier molecular flexibility index (Phi) is 7.82. The number of halogens is 6. The number of benzene rings is 3. The maximum absolute atomic E-state index is 13.0. The first-order chi connectivity index (χ1) is 16.1. The third-order valence-electron chi connectivity index (χ3n) is 4.44. The summed E-state index contributed by atoms with van der Waals surface area (Å²) in [5.74, 6) is -1.15. The molecule has 0 saturated heterocycles. The molecule has 0 atom stereocenters. The fraction of sp³-hybridized carbons (Fsp3) is 0.0833. The molecule has 0 fully saturated rings. The number of hydrogen-bond acceptors (Lipinski definition) is 3. The lowest BCUT2D eigenvalue weighted by Gasteiger charge is -2.11. The van der Waals surface area contributed by atoms with Crippen molar-refractivity contribution >= 4 is 40.9 Å². The average molecular weight is 509 g/mol. The van der Waals surface area contributed by atoms with Gasteiger partial charge >= 0.3 is 6.18 Å². The average Bonchev–Trinajstić information content (AvgIpc) is 2.77. The van der Waals surface area contributed by atoms with Crippen molar-refractivity contribution in [3.05, 3.63) is 98.8 Å². The standard InChI is InChI=1S/C24H14Cl2F4N2O2/c25-20-9-15(10-21(26)22(20)34-13-14-4-6-18(27)7-5-14)8-16(12-31)23(33)32-19-3-1-2-17(11-19)24(28,29)30/h1-11H,13H2,(H,32,33)/b16-8+. The van der Waals surface area contributed by atoms with Crippen molar-refractivity contribution in [2.24, 2.45) is 0 Å². The third kappa shape index (κ3) is 6.50. The van der Waals surface area contributed by atoms with Gasteiger partial charge in [-0.1, -0.05) is 41.4 Å². The number of ether oxygens (including phenoxy) is 1. The molecule has 0 saturated carbocycles. The Morgan fingerprint density at radius 1 is 1.06 bits per heavy atom. The number of anilines is 1. The largest absolute Gasteiger partial charge is 0.486 e. The van der Waals surface area contributed by atoms with Crippen LogP contribution in [-0.4, -0.2) is 5.91 Å². The lowest BCUT2D eigenvalue weighted by molar-refractivity contribution is -0.137. The second-order valence-corrected chi connectivity index (χ2v) is 7.75. The maximum Gasteiger partial charge on any atom is 0.416 e. The molecule has 0 spiro atoms. The molecule has 34 heavy (non-hydrogen) atoms. The first kappa shape index (κ1) is 25.1. The molecule has 0 aliphatic carbocycles. The van der Waals surface area contributed by atoms with Crippen LogP contribution in [-0.2, 0) is 17.6 Å². The van der Waals surface area contributed by atoms with Gasteiger partial charge in [0.2, 0.25) is 0 Å². The Labute approximate surface area is 202 Å². The van der Waals surface area contributed by atoms with Crippen LogP contribution in [0.4, 0.5) is 23.2 Å². The maximum atomic E-state index is 13.0. The van der Waals surface area contributed by atoms with E-state index in [0.717, 1.165) is 18.2 Å². The van der Waals surface area contributed by atoms with Crippen molar-refractivity contribution in [1.29, 1.82) is 5.26 Å². The van der Waals surface area contributed by atoms with E-state index in [1.54, 1.807) is 6.07 Å². The summed E-state index contributed by atoms with van der Waals surface area (Å²) >= 11 is 12.5. The van der Waals surface area contributed by atoms with Crippen molar-refractivity contribution in [3.8, 4) is 11.8 Å². The van der Waals surface area contributed by atoms with Gasteiger partial charge in [-0.15, -0.1) is 0 Å². The first-order valence-electron chi connectivity index (χ1n) is 9.53. The number of carbonyl (C=O) groups is 1. The highest BCUT2D eigenvalue weighted by molar-refractivity contribution is 6.37. The lowest BCUT2D eigenvalue weighted by atomic mass is 10.1. The van der Waals surface area contributed by atoms with Crippen LogP contribution in [0.1, 0.15) is 16.7 Å². The molecular formula is C24H14Cl2F4N2O2. The fourth-order valence-electron chi connectivity index (χ4n) is 2.82. The molecule has 0 aliphatic rings. The number of amides is 1. The van der Waals surface area contributed by atoms with Gasteiger partial charge in [-0.2, -0.15) is 18.4 Å². The van der Waals surface area contributed by atoms with Gasteiger partial charge in [0.05, 0.1) is 15.6 Å². The minimum atomic E-state index is -4.58. The van der Waals surface area contributed by atoms with E-state index in [-0.39, 0.29) is 39.5 Å². The van der Waals surface area contributed by atoms with Crippen LogP contribution in [0, 0.1) is 17.1 Å². The number of alkyl halides is 3. The smallest absolute Gasteiger partial charge is 0.416 e. The molecule has 0 unspecified atom stereocenters. The van der Waals surface area contributed by atoms with E-state index in [2.05, 4.69) is 5.32 Å². The fourth-order valence-corrected chi connectivity index (χ4v) is 3.44. The van der Waals surface area contributed by atoms with E-state index in [1.165, 1.54) is 48.5 Å². The monoisotopic (exact) mass is 508 g/mol. The Bertz CT molecular complexity index is 1260. The zero-order chi connectivity index (χ0) is 24.9. The van der Waals surface area contributed by atoms with E-state index in [1.807, 2.05) is 0 Å². The molecule has 0 radical (unpaired) electrons. The molecule has 0 bridgehead atoms. The number of nitriles is 1.